The molecule has 5 rings (SSSR count). The van der Waals surface area contributed by atoms with Crippen molar-refractivity contribution in [3.8, 4) is 17.1 Å². The predicted octanol–water partition coefficient (Wildman–Crippen LogP) is 7.57. The van der Waals surface area contributed by atoms with Crippen molar-refractivity contribution in [3.05, 3.63) is 118 Å². The number of imidazole rings is 1. The molecule has 196 valence electrons. The molecule has 0 N–H and O–H groups in total. The molecule has 0 amide bonds. The average Bonchev–Trinajstić information content (AvgIpc) is 3.28. The van der Waals surface area contributed by atoms with Gasteiger partial charge in [0.1, 0.15) is 18.2 Å². The summed E-state index contributed by atoms with van der Waals surface area (Å²) >= 11 is 6.75. The second-order valence-corrected chi connectivity index (χ2v) is 9.59. The number of fused-ring (bicyclic) bond motifs is 1. The van der Waals surface area contributed by atoms with Crippen LogP contribution in [0.4, 0.5) is 10.1 Å². The normalized spacial score (nSPS) is 11.1. The number of benzene rings is 3. The molecule has 0 unspecified atom stereocenters. The molecule has 0 aliphatic rings. The Bertz CT molecular complexity index is 1690. The molecule has 0 saturated heterocycles. The number of halogens is 2. The summed E-state index contributed by atoms with van der Waals surface area (Å²) in [6.45, 7) is 10.4. The molecule has 0 atom stereocenters. The first kappa shape index (κ1) is 26.4. The van der Waals surface area contributed by atoms with Gasteiger partial charge in [-0.3, -0.25) is 0 Å². The first-order chi connectivity index (χ1) is 18.9. The fourth-order valence-corrected chi connectivity index (χ4v) is 4.65. The third-order valence-corrected chi connectivity index (χ3v) is 6.82. The number of aromatic nitrogens is 3. The van der Waals surface area contributed by atoms with Crippen molar-refractivity contribution in [2.45, 2.75) is 26.5 Å². The number of pyridine rings is 1. The van der Waals surface area contributed by atoms with Crippen LogP contribution in [0.5, 0.6) is 5.88 Å². The van der Waals surface area contributed by atoms with Crippen LogP contribution >= 0.6 is 11.6 Å². The lowest BCUT2D eigenvalue weighted by atomic mass is 10.1. The molecule has 2 heterocycles. The van der Waals surface area contributed by atoms with Gasteiger partial charge in [0.2, 0.25) is 5.88 Å². The van der Waals surface area contributed by atoms with Gasteiger partial charge >= 0.3 is 0 Å². The number of aryl methyl sites for hydroxylation is 1. The van der Waals surface area contributed by atoms with Crippen molar-refractivity contribution in [2.75, 3.05) is 13.7 Å². The van der Waals surface area contributed by atoms with Crippen LogP contribution in [-0.4, -0.2) is 28.3 Å². The lowest BCUT2D eigenvalue weighted by Gasteiger charge is -2.11. The van der Waals surface area contributed by atoms with E-state index < -0.39 is 5.82 Å². The van der Waals surface area contributed by atoms with Gasteiger partial charge in [0.05, 0.1) is 29.9 Å². The van der Waals surface area contributed by atoms with E-state index in [9.17, 15) is 4.39 Å². The van der Waals surface area contributed by atoms with Gasteiger partial charge in [-0.2, -0.15) is 0 Å². The third-order valence-electron chi connectivity index (χ3n) is 6.46. The highest BCUT2D eigenvalue weighted by atomic mass is 35.5. The first-order valence-corrected chi connectivity index (χ1v) is 12.8. The summed E-state index contributed by atoms with van der Waals surface area (Å²) in [5.74, 6) is 0.809. The maximum Gasteiger partial charge on any atom is 0.214 e. The number of hydrogen-bond donors (Lipinski definition) is 0. The summed E-state index contributed by atoms with van der Waals surface area (Å²) in [4.78, 5) is 12.7. The monoisotopic (exact) mass is 540 g/mol. The highest BCUT2D eigenvalue weighted by molar-refractivity contribution is 6.31. The Morgan fingerprint density at radius 2 is 1.85 bits per heavy atom. The van der Waals surface area contributed by atoms with E-state index in [0.717, 1.165) is 28.0 Å². The lowest BCUT2D eigenvalue weighted by Crippen LogP contribution is -2.09. The Balaban J connectivity index is 1.35. The standard InChI is InChI=1S/C31H26ClFN4O2/c1-20-7-12-28-29(15-20)37(13-14-38-3)30(35-28)17-21-8-9-22(16-25(21)32)27-5-4-6-31(36-27)39-19-23-10-11-24(34-2)18-26(23)33/h4-12,15-16,18H,13-14,17,19H2,1,3H3. The zero-order chi connectivity index (χ0) is 27.4. The Hall–Kier alpha value is -4.25. The van der Waals surface area contributed by atoms with Crippen LogP contribution in [0.15, 0.2) is 72.8 Å². The van der Waals surface area contributed by atoms with Gasteiger partial charge in [0, 0.05) is 42.3 Å². The summed E-state index contributed by atoms with van der Waals surface area (Å²) < 4.78 is 27.5. The van der Waals surface area contributed by atoms with Crippen LogP contribution in [0.2, 0.25) is 5.02 Å². The Morgan fingerprint density at radius 1 is 1.00 bits per heavy atom. The number of ether oxygens (including phenoxy) is 2. The highest BCUT2D eigenvalue weighted by Gasteiger charge is 2.14. The highest BCUT2D eigenvalue weighted by Crippen LogP contribution is 2.29. The number of rotatable bonds is 9. The molecule has 6 nitrogen and oxygen atoms in total. The maximum absolute atomic E-state index is 14.2. The molecule has 5 aromatic rings. The fourth-order valence-electron chi connectivity index (χ4n) is 4.40. The fraction of sp³-hybridized carbons (Fsp3) is 0.194. The summed E-state index contributed by atoms with van der Waals surface area (Å²) in [5, 5.41) is 0.615. The van der Waals surface area contributed by atoms with Crippen LogP contribution in [0.1, 0.15) is 22.5 Å². The molecule has 0 radical (unpaired) electrons. The van der Waals surface area contributed by atoms with E-state index in [1.807, 2.05) is 36.4 Å². The topological polar surface area (TPSA) is 53.5 Å². The average molecular weight is 541 g/mol. The van der Waals surface area contributed by atoms with Gasteiger partial charge in [-0.15, -0.1) is 0 Å². The van der Waals surface area contributed by atoms with E-state index in [-0.39, 0.29) is 12.3 Å². The van der Waals surface area contributed by atoms with Gasteiger partial charge < -0.3 is 14.0 Å². The smallest absolute Gasteiger partial charge is 0.214 e. The molecular formula is C31H26ClFN4O2. The number of hydrogen-bond acceptors (Lipinski definition) is 4. The molecule has 0 bridgehead atoms. The predicted molar refractivity (Wildman–Crippen MR) is 151 cm³/mol. The zero-order valence-corrected chi connectivity index (χ0v) is 22.4. The van der Waals surface area contributed by atoms with Gasteiger partial charge in [0.25, 0.3) is 0 Å². The largest absolute Gasteiger partial charge is 0.473 e. The van der Waals surface area contributed by atoms with E-state index in [4.69, 9.17) is 32.6 Å². The van der Waals surface area contributed by atoms with E-state index in [2.05, 4.69) is 33.5 Å². The van der Waals surface area contributed by atoms with Crippen LogP contribution in [0, 0.1) is 19.3 Å². The maximum atomic E-state index is 14.2. The molecule has 3 aromatic carbocycles. The third kappa shape index (κ3) is 5.93. The van der Waals surface area contributed by atoms with Crippen LogP contribution in [0.25, 0.3) is 27.1 Å². The molecular weight excluding hydrogens is 515 g/mol. The van der Waals surface area contributed by atoms with Gasteiger partial charge in [-0.25, -0.2) is 19.2 Å². The van der Waals surface area contributed by atoms with E-state index in [1.165, 1.54) is 11.6 Å². The Morgan fingerprint density at radius 3 is 2.62 bits per heavy atom. The number of methoxy groups -OCH3 is 1. The molecule has 0 aliphatic heterocycles. The van der Waals surface area contributed by atoms with Crippen molar-refractivity contribution in [2.24, 2.45) is 0 Å². The van der Waals surface area contributed by atoms with Crippen molar-refractivity contribution < 1.29 is 13.9 Å². The quantitative estimate of drug-likeness (QED) is 0.181. The van der Waals surface area contributed by atoms with Crippen molar-refractivity contribution in [1.82, 2.24) is 14.5 Å². The van der Waals surface area contributed by atoms with Crippen LogP contribution in [-0.2, 0) is 24.3 Å². The molecule has 0 fully saturated rings. The Labute approximate surface area is 231 Å². The first-order valence-electron chi connectivity index (χ1n) is 12.4. The molecule has 8 heteroatoms. The van der Waals surface area contributed by atoms with E-state index >= 15 is 0 Å². The van der Waals surface area contributed by atoms with Crippen molar-refractivity contribution in [1.29, 1.82) is 0 Å². The SMILES string of the molecule is [C-]#[N+]c1ccc(COc2cccc(-c3ccc(Cc4nc5ccc(C)cc5n4CCOC)c(Cl)c3)n2)c(F)c1. The van der Waals surface area contributed by atoms with Gasteiger partial charge in [-0.1, -0.05) is 48.0 Å². The molecule has 0 spiro atoms. The zero-order valence-electron chi connectivity index (χ0n) is 21.6. The van der Waals surface area contributed by atoms with E-state index in [1.54, 1.807) is 25.3 Å². The number of nitrogens with zero attached hydrogens (tertiary/aromatic N) is 4. The van der Waals surface area contributed by atoms with Crippen molar-refractivity contribution >= 4 is 28.3 Å². The molecule has 0 saturated carbocycles. The summed E-state index contributed by atoms with van der Waals surface area (Å²) in [6, 6.07) is 21.8. The molecule has 0 aliphatic carbocycles. The Kier molecular flexibility index (Phi) is 7.87. The lowest BCUT2D eigenvalue weighted by molar-refractivity contribution is 0.187. The summed E-state index contributed by atoms with van der Waals surface area (Å²) in [5.41, 5.74) is 6.29. The summed E-state index contributed by atoms with van der Waals surface area (Å²) in [6.07, 6.45) is 0.574. The minimum absolute atomic E-state index is 0.00383. The minimum atomic E-state index is -0.479. The minimum Gasteiger partial charge on any atom is -0.473 e. The second kappa shape index (κ2) is 11.6. The van der Waals surface area contributed by atoms with Crippen LogP contribution < -0.4 is 4.74 Å². The van der Waals surface area contributed by atoms with Gasteiger partial charge in [-0.05, 0) is 48.4 Å². The summed E-state index contributed by atoms with van der Waals surface area (Å²) in [7, 11) is 1.69. The van der Waals surface area contributed by atoms with Gasteiger partial charge in [0.15, 0.2) is 5.69 Å². The molecule has 2 aromatic heterocycles. The van der Waals surface area contributed by atoms with E-state index in [0.29, 0.717) is 41.7 Å². The molecule has 39 heavy (non-hydrogen) atoms. The van der Waals surface area contributed by atoms with Crippen molar-refractivity contribution in [3.63, 3.8) is 0 Å². The van der Waals surface area contributed by atoms with Crippen LogP contribution in [0.3, 0.4) is 0 Å². The second-order valence-electron chi connectivity index (χ2n) is 9.18.